The van der Waals surface area contributed by atoms with Crippen LogP contribution in [-0.4, -0.2) is 10.1 Å². The van der Waals surface area contributed by atoms with Crippen LogP contribution in [-0.2, 0) is 6.61 Å². The minimum atomic E-state index is -0.108. The number of halogens is 1. The van der Waals surface area contributed by atoms with Crippen LogP contribution in [0.15, 0.2) is 36.5 Å². The summed E-state index contributed by atoms with van der Waals surface area (Å²) in [5.41, 5.74) is 1.61. The van der Waals surface area contributed by atoms with Gasteiger partial charge in [0, 0.05) is 16.8 Å². The topological polar surface area (TPSA) is 42.4 Å². The van der Waals surface area contributed by atoms with Crippen molar-refractivity contribution in [1.82, 2.24) is 4.98 Å². The van der Waals surface area contributed by atoms with Gasteiger partial charge < -0.3 is 9.84 Å². The van der Waals surface area contributed by atoms with E-state index >= 15 is 0 Å². The Labute approximate surface area is 105 Å². The first-order valence-electron chi connectivity index (χ1n) is 5.19. The Kier molecular flexibility index (Phi) is 3.61. The maximum atomic E-state index is 9.17. The highest BCUT2D eigenvalue weighted by Gasteiger charge is 2.07. The molecule has 1 aromatic heterocycles. The second-order valence-corrected chi connectivity index (χ2v) is 4.07. The minimum Gasteiger partial charge on any atom is -0.438 e. The van der Waals surface area contributed by atoms with Crippen LogP contribution in [0.4, 0.5) is 0 Å². The number of aromatic nitrogens is 1. The van der Waals surface area contributed by atoms with Crippen molar-refractivity contribution in [3.05, 3.63) is 52.7 Å². The molecule has 0 saturated heterocycles. The largest absolute Gasteiger partial charge is 0.438 e. The summed E-state index contributed by atoms with van der Waals surface area (Å²) in [5.74, 6) is 1.05. The predicted octanol–water partition coefficient (Wildman–Crippen LogP) is 3.33. The number of benzene rings is 1. The average molecular weight is 250 g/mol. The number of hydrogen-bond acceptors (Lipinski definition) is 3. The zero-order chi connectivity index (χ0) is 12.3. The van der Waals surface area contributed by atoms with Gasteiger partial charge in [0.25, 0.3) is 0 Å². The van der Waals surface area contributed by atoms with Crippen molar-refractivity contribution < 1.29 is 9.84 Å². The zero-order valence-corrected chi connectivity index (χ0v) is 10.1. The summed E-state index contributed by atoms with van der Waals surface area (Å²) in [6.07, 6.45) is 1.62. The fourth-order valence-electron chi connectivity index (χ4n) is 1.42. The van der Waals surface area contributed by atoms with E-state index < -0.39 is 0 Å². The van der Waals surface area contributed by atoms with Gasteiger partial charge in [-0.2, -0.15) is 0 Å². The van der Waals surface area contributed by atoms with Gasteiger partial charge in [0.15, 0.2) is 0 Å². The number of ether oxygens (including phenoxy) is 1. The summed E-state index contributed by atoms with van der Waals surface area (Å²) in [7, 11) is 0. The van der Waals surface area contributed by atoms with E-state index in [1.165, 1.54) is 0 Å². The molecule has 2 aromatic rings. The van der Waals surface area contributed by atoms with Crippen molar-refractivity contribution in [2.45, 2.75) is 13.5 Å². The number of nitrogens with zero attached hydrogens (tertiary/aromatic N) is 1. The van der Waals surface area contributed by atoms with Gasteiger partial charge in [0.1, 0.15) is 5.75 Å². The molecule has 0 aliphatic heterocycles. The molecule has 0 fully saturated rings. The molecule has 0 aliphatic rings. The van der Waals surface area contributed by atoms with Crippen LogP contribution < -0.4 is 4.74 Å². The van der Waals surface area contributed by atoms with E-state index in [2.05, 4.69) is 4.98 Å². The van der Waals surface area contributed by atoms with Crippen molar-refractivity contribution in [2.75, 3.05) is 0 Å². The summed E-state index contributed by atoms with van der Waals surface area (Å²) in [6.45, 7) is 1.82. The SMILES string of the molecule is Cc1ccc(Cl)cc1Oc1ncccc1CO. The van der Waals surface area contributed by atoms with Crippen molar-refractivity contribution in [1.29, 1.82) is 0 Å². The van der Waals surface area contributed by atoms with E-state index in [0.717, 1.165) is 5.56 Å². The molecule has 0 aliphatic carbocycles. The summed E-state index contributed by atoms with van der Waals surface area (Å²) >= 11 is 5.91. The van der Waals surface area contributed by atoms with E-state index in [9.17, 15) is 5.11 Å². The normalized spacial score (nSPS) is 10.3. The number of hydrogen-bond donors (Lipinski definition) is 1. The number of aliphatic hydroxyl groups excluding tert-OH is 1. The van der Waals surface area contributed by atoms with Crippen LogP contribution in [0.5, 0.6) is 11.6 Å². The fourth-order valence-corrected chi connectivity index (χ4v) is 1.59. The Bertz CT molecular complexity index is 529. The fraction of sp³-hybridized carbons (Fsp3) is 0.154. The van der Waals surface area contributed by atoms with Gasteiger partial charge in [-0.15, -0.1) is 0 Å². The molecule has 0 atom stereocenters. The second kappa shape index (κ2) is 5.17. The highest BCUT2D eigenvalue weighted by Crippen LogP contribution is 2.28. The quantitative estimate of drug-likeness (QED) is 0.907. The molecule has 0 saturated carbocycles. The summed E-state index contributed by atoms with van der Waals surface area (Å²) in [4.78, 5) is 4.09. The third-order valence-corrected chi connectivity index (χ3v) is 2.61. The van der Waals surface area contributed by atoms with Crippen LogP contribution in [0.2, 0.25) is 5.02 Å². The number of pyridine rings is 1. The molecular formula is C13H12ClNO2. The lowest BCUT2D eigenvalue weighted by atomic mass is 10.2. The number of aryl methyl sites for hydroxylation is 1. The van der Waals surface area contributed by atoms with Crippen LogP contribution in [0.25, 0.3) is 0 Å². The van der Waals surface area contributed by atoms with Crippen molar-refractivity contribution in [3.63, 3.8) is 0 Å². The minimum absolute atomic E-state index is 0.108. The third-order valence-electron chi connectivity index (χ3n) is 2.38. The van der Waals surface area contributed by atoms with Crippen molar-refractivity contribution in [2.24, 2.45) is 0 Å². The Hall–Kier alpha value is -1.58. The molecule has 0 amide bonds. The number of aliphatic hydroxyl groups is 1. The lowest BCUT2D eigenvalue weighted by Gasteiger charge is -2.10. The molecule has 1 aromatic carbocycles. The van der Waals surface area contributed by atoms with Gasteiger partial charge in [0.05, 0.1) is 6.61 Å². The summed E-state index contributed by atoms with van der Waals surface area (Å²) in [5, 5.41) is 9.78. The molecule has 17 heavy (non-hydrogen) atoms. The second-order valence-electron chi connectivity index (χ2n) is 3.64. The molecule has 2 rings (SSSR count). The highest BCUT2D eigenvalue weighted by atomic mass is 35.5. The number of rotatable bonds is 3. The Morgan fingerprint density at radius 1 is 1.35 bits per heavy atom. The highest BCUT2D eigenvalue weighted by molar-refractivity contribution is 6.30. The van der Waals surface area contributed by atoms with Crippen LogP contribution in [0.3, 0.4) is 0 Å². The van der Waals surface area contributed by atoms with Crippen LogP contribution >= 0.6 is 11.6 Å². The molecule has 1 heterocycles. The Morgan fingerprint density at radius 2 is 2.18 bits per heavy atom. The molecular weight excluding hydrogens is 238 g/mol. The van der Waals surface area contributed by atoms with Gasteiger partial charge in [-0.1, -0.05) is 17.7 Å². The first-order valence-corrected chi connectivity index (χ1v) is 5.57. The molecule has 0 bridgehead atoms. The molecule has 1 N–H and O–H groups in total. The smallest absolute Gasteiger partial charge is 0.224 e. The Morgan fingerprint density at radius 3 is 2.94 bits per heavy atom. The molecule has 0 radical (unpaired) electrons. The van der Waals surface area contributed by atoms with Crippen molar-refractivity contribution in [3.8, 4) is 11.6 Å². The van der Waals surface area contributed by atoms with E-state index in [0.29, 0.717) is 22.2 Å². The third kappa shape index (κ3) is 2.75. The zero-order valence-electron chi connectivity index (χ0n) is 9.35. The van der Waals surface area contributed by atoms with Crippen LogP contribution in [0, 0.1) is 6.92 Å². The lowest BCUT2D eigenvalue weighted by molar-refractivity contribution is 0.275. The van der Waals surface area contributed by atoms with Gasteiger partial charge in [-0.3, -0.25) is 0 Å². The first kappa shape index (κ1) is 11.9. The van der Waals surface area contributed by atoms with E-state index in [1.54, 1.807) is 30.5 Å². The summed E-state index contributed by atoms with van der Waals surface area (Å²) < 4.78 is 5.66. The van der Waals surface area contributed by atoms with E-state index in [4.69, 9.17) is 16.3 Å². The molecule has 0 unspecified atom stereocenters. The molecule has 4 heteroatoms. The van der Waals surface area contributed by atoms with Gasteiger partial charge in [0.2, 0.25) is 5.88 Å². The van der Waals surface area contributed by atoms with E-state index in [1.807, 2.05) is 13.0 Å². The standard InChI is InChI=1S/C13H12ClNO2/c1-9-4-5-11(14)7-12(9)17-13-10(8-16)3-2-6-15-13/h2-7,16H,8H2,1H3. The van der Waals surface area contributed by atoms with Crippen LogP contribution in [0.1, 0.15) is 11.1 Å². The van der Waals surface area contributed by atoms with Gasteiger partial charge >= 0.3 is 0 Å². The molecule has 3 nitrogen and oxygen atoms in total. The summed E-state index contributed by atoms with van der Waals surface area (Å²) in [6, 6.07) is 8.92. The Balaban J connectivity index is 2.34. The lowest BCUT2D eigenvalue weighted by Crippen LogP contribution is -1.95. The van der Waals surface area contributed by atoms with E-state index in [-0.39, 0.29) is 6.61 Å². The molecule has 0 spiro atoms. The van der Waals surface area contributed by atoms with Crippen molar-refractivity contribution >= 4 is 11.6 Å². The maximum absolute atomic E-state index is 9.17. The molecule has 88 valence electrons. The maximum Gasteiger partial charge on any atom is 0.224 e. The first-order chi connectivity index (χ1) is 8.20. The van der Waals surface area contributed by atoms with Gasteiger partial charge in [-0.25, -0.2) is 4.98 Å². The predicted molar refractivity (Wildman–Crippen MR) is 66.4 cm³/mol. The van der Waals surface area contributed by atoms with Gasteiger partial charge in [-0.05, 0) is 36.8 Å². The average Bonchev–Trinajstić information content (AvgIpc) is 2.34. The monoisotopic (exact) mass is 249 g/mol.